The Morgan fingerprint density at radius 3 is 2.59 bits per heavy atom. The van der Waals surface area contributed by atoms with E-state index in [1.807, 2.05) is 77.6 Å². The van der Waals surface area contributed by atoms with E-state index in [9.17, 15) is 4.79 Å². The highest BCUT2D eigenvalue weighted by Crippen LogP contribution is 2.16. The number of nitrogens with one attached hydrogen (secondary N) is 1. The summed E-state index contributed by atoms with van der Waals surface area (Å²) in [7, 11) is 2.15. The fourth-order valence-corrected chi connectivity index (χ4v) is 3.94. The molecule has 0 aliphatic carbocycles. The van der Waals surface area contributed by atoms with Gasteiger partial charge in [-0.25, -0.2) is 0 Å². The molecule has 2 aromatic carbocycles. The number of carbonyl (C=O) groups is 1. The van der Waals surface area contributed by atoms with Gasteiger partial charge in [0.15, 0.2) is 0 Å². The van der Waals surface area contributed by atoms with Crippen molar-refractivity contribution in [3.63, 3.8) is 0 Å². The summed E-state index contributed by atoms with van der Waals surface area (Å²) in [5, 5.41) is 2.99. The molecule has 0 atom stereocenters. The molecule has 6 nitrogen and oxygen atoms in total. The molecule has 0 saturated carbocycles. The van der Waals surface area contributed by atoms with Crippen LogP contribution in [0.15, 0.2) is 73.1 Å². The van der Waals surface area contributed by atoms with E-state index < -0.39 is 0 Å². The van der Waals surface area contributed by atoms with E-state index in [2.05, 4.69) is 17.3 Å². The molecule has 0 unspecified atom stereocenters. The Hall–Kier alpha value is -3.09. The summed E-state index contributed by atoms with van der Waals surface area (Å²) < 4.78 is 13.4. The SMILES string of the molecule is CN(CCOc1cccc(CNC(=O)c2ccc(-n3cccc3)cc2)c1)C1CCOCC1. The number of likely N-dealkylation sites (N-methyl/N-ethyl adjacent to an activating group) is 1. The summed E-state index contributed by atoms with van der Waals surface area (Å²) in [5.74, 6) is 0.738. The fourth-order valence-electron chi connectivity index (χ4n) is 3.94. The Bertz CT molecular complexity index is 980. The van der Waals surface area contributed by atoms with Crippen LogP contribution in [0.25, 0.3) is 5.69 Å². The molecule has 2 heterocycles. The quantitative estimate of drug-likeness (QED) is 0.556. The molecule has 1 amide bonds. The number of amides is 1. The minimum atomic E-state index is -0.0894. The Balaban J connectivity index is 1.24. The number of rotatable bonds is 9. The third-order valence-corrected chi connectivity index (χ3v) is 5.91. The van der Waals surface area contributed by atoms with Crippen LogP contribution in [0.2, 0.25) is 0 Å². The second kappa shape index (κ2) is 11.0. The van der Waals surface area contributed by atoms with Gasteiger partial charge in [-0.3, -0.25) is 9.69 Å². The van der Waals surface area contributed by atoms with E-state index in [0.29, 0.717) is 24.8 Å². The van der Waals surface area contributed by atoms with Gasteiger partial charge in [-0.1, -0.05) is 12.1 Å². The van der Waals surface area contributed by atoms with Crippen molar-refractivity contribution >= 4 is 5.91 Å². The van der Waals surface area contributed by atoms with Crippen LogP contribution >= 0.6 is 0 Å². The molecule has 0 bridgehead atoms. The highest BCUT2D eigenvalue weighted by atomic mass is 16.5. The Morgan fingerprint density at radius 2 is 1.84 bits per heavy atom. The average molecular weight is 434 g/mol. The van der Waals surface area contributed by atoms with Crippen LogP contribution in [-0.2, 0) is 11.3 Å². The van der Waals surface area contributed by atoms with Crippen molar-refractivity contribution in [1.29, 1.82) is 0 Å². The van der Waals surface area contributed by atoms with Crippen LogP contribution in [-0.4, -0.2) is 54.8 Å². The maximum absolute atomic E-state index is 12.5. The number of nitrogens with zero attached hydrogens (tertiary/aromatic N) is 2. The molecule has 0 spiro atoms. The summed E-state index contributed by atoms with van der Waals surface area (Å²) >= 11 is 0. The third-order valence-electron chi connectivity index (χ3n) is 5.91. The van der Waals surface area contributed by atoms with Crippen molar-refractivity contribution in [3.8, 4) is 11.4 Å². The molecule has 1 aromatic heterocycles. The number of ether oxygens (including phenoxy) is 2. The first kappa shape index (κ1) is 22.1. The van der Waals surface area contributed by atoms with Crippen LogP contribution in [0.1, 0.15) is 28.8 Å². The zero-order valence-electron chi connectivity index (χ0n) is 18.6. The number of hydrogen-bond acceptors (Lipinski definition) is 4. The normalized spacial score (nSPS) is 14.4. The van der Waals surface area contributed by atoms with Crippen molar-refractivity contribution in [1.82, 2.24) is 14.8 Å². The summed E-state index contributed by atoms with van der Waals surface area (Å²) in [4.78, 5) is 14.9. The lowest BCUT2D eigenvalue weighted by molar-refractivity contribution is 0.0392. The van der Waals surface area contributed by atoms with Gasteiger partial charge >= 0.3 is 0 Å². The van der Waals surface area contributed by atoms with E-state index >= 15 is 0 Å². The predicted molar refractivity (Wildman–Crippen MR) is 125 cm³/mol. The van der Waals surface area contributed by atoms with Gasteiger partial charge in [0, 0.05) is 56.0 Å². The summed E-state index contributed by atoms with van der Waals surface area (Å²) in [6.07, 6.45) is 6.13. The summed E-state index contributed by atoms with van der Waals surface area (Å²) in [5.41, 5.74) is 2.68. The first-order chi connectivity index (χ1) is 15.7. The van der Waals surface area contributed by atoms with Crippen molar-refractivity contribution < 1.29 is 14.3 Å². The van der Waals surface area contributed by atoms with Gasteiger partial charge in [-0.2, -0.15) is 0 Å². The standard InChI is InChI=1S/C26H31N3O3/c1-28(23-11-16-31-17-12-23)15-18-32-25-6-4-5-21(19-25)20-27-26(30)22-7-9-24(10-8-22)29-13-2-3-14-29/h2-10,13-14,19,23H,11-12,15-18,20H2,1H3,(H,27,30). The number of aromatic nitrogens is 1. The van der Waals surface area contributed by atoms with Crippen LogP contribution in [0, 0.1) is 0 Å². The average Bonchev–Trinajstić information content (AvgIpc) is 3.38. The Kier molecular flexibility index (Phi) is 7.59. The fraction of sp³-hybridized carbons (Fsp3) is 0.346. The summed E-state index contributed by atoms with van der Waals surface area (Å²) in [6, 6.07) is 20.0. The molecule has 1 aliphatic heterocycles. The van der Waals surface area contributed by atoms with Crippen molar-refractivity contribution in [2.75, 3.05) is 33.4 Å². The molecule has 3 aromatic rings. The van der Waals surface area contributed by atoms with Gasteiger partial charge in [0.1, 0.15) is 12.4 Å². The maximum Gasteiger partial charge on any atom is 0.251 e. The third kappa shape index (κ3) is 5.99. The Morgan fingerprint density at radius 1 is 1.09 bits per heavy atom. The lowest BCUT2D eigenvalue weighted by Crippen LogP contribution is -2.38. The number of benzene rings is 2. The molecule has 1 saturated heterocycles. The van der Waals surface area contributed by atoms with E-state index in [1.165, 1.54) is 0 Å². The monoisotopic (exact) mass is 433 g/mol. The topological polar surface area (TPSA) is 55.7 Å². The molecule has 1 aliphatic rings. The maximum atomic E-state index is 12.5. The number of hydrogen-bond donors (Lipinski definition) is 1. The van der Waals surface area contributed by atoms with Crippen LogP contribution in [0.3, 0.4) is 0 Å². The smallest absolute Gasteiger partial charge is 0.251 e. The molecule has 1 N–H and O–H groups in total. The molecule has 32 heavy (non-hydrogen) atoms. The first-order valence-electron chi connectivity index (χ1n) is 11.2. The zero-order valence-corrected chi connectivity index (χ0v) is 18.6. The van der Waals surface area contributed by atoms with Gasteiger partial charge in [0.2, 0.25) is 0 Å². The minimum Gasteiger partial charge on any atom is -0.492 e. The van der Waals surface area contributed by atoms with E-state index in [4.69, 9.17) is 9.47 Å². The van der Waals surface area contributed by atoms with Crippen molar-refractivity contribution in [3.05, 3.63) is 84.2 Å². The van der Waals surface area contributed by atoms with Gasteiger partial charge in [0.05, 0.1) is 0 Å². The largest absolute Gasteiger partial charge is 0.492 e. The zero-order chi connectivity index (χ0) is 22.2. The lowest BCUT2D eigenvalue weighted by Gasteiger charge is -2.31. The van der Waals surface area contributed by atoms with E-state index in [-0.39, 0.29) is 5.91 Å². The lowest BCUT2D eigenvalue weighted by atomic mass is 10.1. The molecular formula is C26H31N3O3. The van der Waals surface area contributed by atoms with Crippen molar-refractivity contribution in [2.24, 2.45) is 0 Å². The van der Waals surface area contributed by atoms with E-state index in [0.717, 1.165) is 49.6 Å². The second-order valence-electron chi connectivity index (χ2n) is 8.14. The predicted octanol–water partition coefficient (Wildman–Crippen LogP) is 3.90. The number of carbonyl (C=O) groups excluding carboxylic acids is 1. The van der Waals surface area contributed by atoms with E-state index in [1.54, 1.807) is 0 Å². The second-order valence-corrected chi connectivity index (χ2v) is 8.14. The van der Waals surface area contributed by atoms with Crippen molar-refractivity contribution in [2.45, 2.75) is 25.4 Å². The van der Waals surface area contributed by atoms with Gasteiger partial charge < -0.3 is 19.4 Å². The van der Waals surface area contributed by atoms with Crippen LogP contribution in [0.5, 0.6) is 5.75 Å². The molecule has 1 fully saturated rings. The molecule has 0 radical (unpaired) electrons. The Labute approximate surface area is 189 Å². The highest BCUT2D eigenvalue weighted by molar-refractivity contribution is 5.94. The van der Waals surface area contributed by atoms with Gasteiger partial charge in [-0.05, 0) is 74.0 Å². The van der Waals surface area contributed by atoms with Gasteiger partial charge in [-0.15, -0.1) is 0 Å². The van der Waals surface area contributed by atoms with Crippen LogP contribution in [0.4, 0.5) is 0 Å². The molecule has 4 rings (SSSR count). The minimum absolute atomic E-state index is 0.0894. The molecular weight excluding hydrogens is 402 g/mol. The molecule has 6 heteroatoms. The molecule has 168 valence electrons. The highest BCUT2D eigenvalue weighted by Gasteiger charge is 2.18. The van der Waals surface area contributed by atoms with Crippen LogP contribution < -0.4 is 10.1 Å². The van der Waals surface area contributed by atoms with Gasteiger partial charge in [0.25, 0.3) is 5.91 Å². The first-order valence-corrected chi connectivity index (χ1v) is 11.2. The summed E-state index contributed by atoms with van der Waals surface area (Å²) in [6.45, 7) is 3.67.